The number of halogens is 1. The molecule has 1 saturated carbocycles. The maximum atomic E-state index is 14.1. The topological polar surface area (TPSA) is 102 Å². The molecule has 1 aliphatic carbocycles. The lowest BCUT2D eigenvalue weighted by Crippen LogP contribution is -2.15. The molecule has 1 aromatic heterocycles. The summed E-state index contributed by atoms with van der Waals surface area (Å²) in [4.78, 5) is 24.2. The minimum absolute atomic E-state index is 0.00584. The van der Waals surface area contributed by atoms with E-state index in [1.807, 2.05) is 0 Å². The Kier molecular flexibility index (Phi) is 4.33. The molecule has 4 rings (SSSR count). The number of tetrazole rings is 1. The van der Waals surface area contributed by atoms with Crippen molar-refractivity contribution < 1.29 is 14.0 Å². The average Bonchev–Trinajstić information content (AvgIpc) is 3.39. The summed E-state index contributed by atoms with van der Waals surface area (Å²) >= 11 is 0. The molecule has 136 valence electrons. The summed E-state index contributed by atoms with van der Waals surface area (Å²) in [6, 6.07) is 10.6. The molecule has 0 radical (unpaired) electrons. The molecule has 2 aromatic carbocycles. The van der Waals surface area contributed by atoms with Gasteiger partial charge in [-0.05, 0) is 65.7 Å². The molecule has 0 saturated heterocycles. The summed E-state index contributed by atoms with van der Waals surface area (Å²) < 4.78 is 15.4. The van der Waals surface area contributed by atoms with E-state index in [1.165, 1.54) is 29.2 Å². The van der Waals surface area contributed by atoms with E-state index in [1.54, 1.807) is 24.3 Å². The van der Waals surface area contributed by atoms with Crippen LogP contribution in [0.15, 0.2) is 48.8 Å². The van der Waals surface area contributed by atoms with E-state index >= 15 is 0 Å². The zero-order valence-electron chi connectivity index (χ0n) is 14.1. The van der Waals surface area contributed by atoms with Crippen LogP contribution in [-0.2, 0) is 4.79 Å². The van der Waals surface area contributed by atoms with Gasteiger partial charge in [-0.25, -0.2) is 9.07 Å². The van der Waals surface area contributed by atoms with Crippen LogP contribution in [-0.4, -0.2) is 32.0 Å². The fourth-order valence-corrected chi connectivity index (χ4v) is 2.52. The Bertz CT molecular complexity index is 984. The van der Waals surface area contributed by atoms with Crippen molar-refractivity contribution in [2.45, 2.75) is 12.8 Å². The van der Waals surface area contributed by atoms with Gasteiger partial charge < -0.3 is 10.6 Å². The van der Waals surface area contributed by atoms with Gasteiger partial charge in [-0.1, -0.05) is 0 Å². The number of anilines is 2. The lowest BCUT2D eigenvalue weighted by Gasteiger charge is -2.09. The third kappa shape index (κ3) is 3.81. The normalized spacial score (nSPS) is 13.2. The molecular weight excluding hydrogens is 351 g/mol. The Morgan fingerprint density at radius 2 is 1.85 bits per heavy atom. The second kappa shape index (κ2) is 6.94. The first-order valence-electron chi connectivity index (χ1n) is 8.35. The summed E-state index contributed by atoms with van der Waals surface area (Å²) in [5, 5.41) is 16.1. The maximum absolute atomic E-state index is 14.1. The third-order valence-electron chi connectivity index (χ3n) is 4.17. The molecule has 1 heterocycles. The largest absolute Gasteiger partial charge is 0.326 e. The number of aromatic nitrogens is 4. The molecule has 0 atom stereocenters. The molecule has 27 heavy (non-hydrogen) atoms. The lowest BCUT2D eigenvalue weighted by molar-refractivity contribution is -0.117. The van der Waals surface area contributed by atoms with E-state index in [2.05, 4.69) is 26.2 Å². The SMILES string of the molecule is O=C(Nc1cc(-n2cnnn2)ccc1F)c1ccc(NC(=O)C2CC2)cc1. The van der Waals surface area contributed by atoms with Crippen LogP contribution in [0.2, 0.25) is 0 Å². The molecular formula is C18H15FN6O2. The number of nitrogens with one attached hydrogen (secondary N) is 2. The second-order valence-electron chi connectivity index (χ2n) is 6.21. The van der Waals surface area contributed by atoms with Gasteiger partial charge in [-0.15, -0.1) is 5.10 Å². The van der Waals surface area contributed by atoms with Gasteiger partial charge in [0.25, 0.3) is 5.91 Å². The van der Waals surface area contributed by atoms with Crippen LogP contribution in [0.1, 0.15) is 23.2 Å². The highest BCUT2D eigenvalue weighted by atomic mass is 19.1. The van der Waals surface area contributed by atoms with Crippen LogP contribution < -0.4 is 10.6 Å². The average molecular weight is 366 g/mol. The summed E-state index contributed by atoms with van der Waals surface area (Å²) in [6.07, 6.45) is 3.21. The summed E-state index contributed by atoms with van der Waals surface area (Å²) in [5.41, 5.74) is 1.48. The number of nitrogens with zero attached hydrogens (tertiary/aromatic N) is 4. The number of carbonyl (C=O) groups excluding carboxylic acids is 2. The number of benzene rings is 2. The quantitative estimate of drug-likeness (QED) is 0.722. The number of hydrogen-bond donors (Lipinski definition) is 2. The van der Waals surface area contributed by atoms with Crippen molar-refractivity contribution in [2.24, 2.45) is 5.92 Å². The van der Waals surface area contributed by atoms with Gasteiger partial charge in [0.15, 0.2) is 0 Å². The van der Waals surface area contributed by atoms with Gasteiger partial charge in [0.2, 0.25) is 5.91 Å². The number of rotatable bonds is 5. The molecule has 3 aromatic rings. The first-order valence-corrected chi connectivity index (χ1v) is 8.35. The number of amides is 2. The van der Waals surface area contributed by atoms with Crippen LogP contribution in [0.5, 0.6) is 0 Å². The van der Waals surface area contributed by atoms with Crippen molar-refractivity contribution in [3.8, 4) is 5.69 Å². The molecule has 2 amide bonds. The van der Waals surface area contributed by atoms with Crippen molar-refractivity contribution in [3.05, 3.63) is 60.2 Å². The van der Waals surface area contributed by atoms with E-state index in [0.717, 1.165) is 12.8 Å². The van der Waals surface area contributed by atoms with Gasteiger partial charge in [0, 0.05) is 17.2 Å². The first-order chi connectivity index (χ1) is 13.1. The standard InChI is InChI=1S/C18H15FN6O2/c19-15-8-7-14(25-10-20-23-24-25)9-16(15)22-18(27)12-3-5-13(6-4-12)21-17(26)11-1-2-11/h3-11H,1-2H2,(H,21,26)(H,22,27). The Balaban J connectivity index is 1.47. The van der Waals surface area contributed by atoms with Crippen molar-refractivity contribution in [3.63, 3.8) is 0 Å². The minimum Gasteiger partial charge on any atom is -0.326 e. The van der Waals surface area contributed by atoms with Gasteiger partial charge in [-0.2, -0.15) is 0 Å². The molecule has 0 aliphatic heterocycles. The van der Waals surface area contributed by atoms with Gasteiger partial charge >= 0.3 is 0 Å². The highest BCUT2D eigenvalue weighted by Gasteiger charge is 2.29. The Labute approximate surface area is 153 Å². The molecule has 0 spiro atoms. The third-order valence-corrected chi connectivity index (χ3v) is 4.17. The summed E-state index contributed by atoms with van der Waals surface area (Å²) in [5.74, 6) is -0.951. The zero-order chi connectivity index (χ0) is 18.8. The van der Waals surface area contributed by atoms with Crippen LogP contribution in [0.3, 0.4) is 0 Å². The van der Waals surface area contributed by atoms with Gasteiger partial charge in [-0.3, -0.25) is 9.59 Å². The van der Waals surface area contributed by atoms with E-state index in [4.69, 9.17) is 0 Å². The summed E-state index contributed by atoms with van der Waals surface area (Å²) in [6.45, 7) is 0. The van der Waals surface area contributed by atoms with E-state index in [-0.39, 0.29) is 17.5 Å². The molecule has 1 aliphatic rings. The molecule has 9 heteroatoms. The minimum atomic E-state index is -0.575. The Morgan fingerprint density at radius 3 is 2.52 bits per heavy atom. The Hall–Kier alpha value is -3.62. The summed E-state index contributed by atoms with van der Waals surface area (Å²) in [7, 11) is 0. The fourth-order valence-electron chi connectivity index (χ4n) is 2.52. The van der Waals surface area contributed by atoms with Crippen LogP contribution >= 0.6 is 0 Å². The molecule has 8 nitrogen and oxygen atoms in total. The van der Waals surface area contributed by atoms with Crippen molar-refractivity contribution in [1.29, 1.82) is 0 Å². The van der Waals surface area contributed by atoms with Gasteiger partial charge in [0.1, 0.15) is 12.1 Å². The number of hydrogen-bond acceptors (Lipinski definition) is 5. The van der Waals surface area contributed by atoms with E-state index < -0.39 is 11.7 Å². The highest BCUT2D eigenvalue weighted by molar-refractivity contribution is 6.05. The fraction of sp³-hybridized carbons (Fsp3) is 0.167. The van der Waals surface area contributed by atoms with Crippen LogP contribution in [0.4, 0.5) is 15.8 Å². The van der Waals surface area contributed by atoms with Crippen LogP contribution in [0.25, 0.3) is 5.69 Å². The van der Waals surface area contributed by atoms with Crippen molar-refractivity contribution >= 4 is 23.2 Å². The van der Waals surface area contributed by atoms with Crippen molar-refractivity contribution in [2.75, 3.05) is 10.6 Å². The molecule has 2 N–H and O–H groups in total. The predicted octanol–water partition coefficient (Wildman–Crippen LogP) is 2.40. The van der Waals surface area contributed by atoms with E-state index in [9.17, 15) is 14.0 Å². The van der Waals surface area contributed by atoms with Crippen LogP contribution in [0, 0.1) is 11.7 Å². The van der Waals surface area contributed by atoms with Gasteiger partial charge in [0.05, 0.1) is 11.4 Å². The maximum Gasteiger partial charge on any atom is 0.255 e. The first kappa shape index (κ1) is 16.8. The molecule has 0 unspecified atom stereocenters. The number of carbonyl (C=O) groups is 2. The predicted molar refractivity (Wildman–Crippen MR) is 94.9 cm³/mol. The van der Waals surface area contributed by atoms with Crippen molar-refractivity contribution in [1.82, 2.24) is 20.2 Å². The lowest BCUT2D eigenvalue weighted by atomic mass is 10.1. The van der Waals surface area contributed by atoms with E-state index in [0.29, 0.717) is 16.9 Å². The monoisotopic (exact) mass is 366 g/mol. The smallest absolute Gasteiger partial charge is 0.255 e. The Morgan fingerprint density at radius 1 is 1.07 bits per heavy atom. The molecule has 0 bridgehead atoms. The second-order valence-corrected chi connectivity index (χ2v) is 6.21. The highest BCUT2D eigenvalue weighted by Crippen LogP contribution is 2.30. The molecule has 1 fully saturated rings. The zero-order valence-corrected chi connectivity index (χ0v) is 14.1.